The SMILES string of the molecule is CCC(CO)c1ccc(O)cc1. The van der Waals surface area contributed by atoms with E-state index in [2.05, 4.69) is 0 Å². The highest BCUT2D eigenvalue weighted by Crippen LogP contribution is 2.20. The largest absolute Gasteiger partial charge is 0.508 e. The summed E-state index contributed by atoms with van der Waals surface area (Å²) in [5.74, 6) is 0.470. The summed E-state index contributed by atoms with van der Waals surface area (Å²) < 4.78 is 0. The van der Waals surface area contributed by atoms with Crippen molar-refractivity contribution in [2.75, 3.05) is 6.61 Å². The van der Waals surface area contributed by atoms with Crippen LogP contribution in [0.5, 0.6) is 5.75 Å². The smallest absolute Gasteiger partial charge is 0.115 e. The number of rotatable bonds is 3. The molecule has 1 unspecified atom stereocenters. The second-order valence-corrected chi connectivity index (χ2v) is 2.88. The number of hydrogen-bond acceptors (Lipinski definition) is 2. The zero-order valence-electron chi connectivity index (χ0n) is 7.20. The molecule has 0 bridgehead atoms. The molecule has 1 atom stereocenters. The molecule has 0 aromatic heterocycles. The molecule has 0 spiro atoms. The van der Waals surface area contributed by atoms with Crippen LogP contribution in [0, 0.1) is 0 Å². The first kappa shape index (κ1) is 9.07. The molecule has 0 amide bonds. The Morgan fingerprint density at radius 3 is 2.25 bits per heavy atom. The first-order valence-corrected chi connectivity index (χ1v) is 4.17. The highest BCUT2D eigenvalue weighted by molar-refractivity contribution is 5.28. The zero-order valence-corrected chi connectivity index (χ0v) is 7.20. The van der Waals surface area contributed by atoms with E-state index in [1.54, 1.807) is 12.1 Å². The maximum absolute atomic E-state index is 9.02. The zero-order chi connectivity index (χ0) is 8.97. The molecule has 0 radical (unpaired) electrons. The quantitative estimate of drug-likeness (QED) is 0.719. The van der Waals surface area contributed by atoms with Crippen molar-refractivity contribution in [1.29, 1.82) is 0 Å². The van der Waals surface area contributed by atoms with E-state index >= 15 is 0 Å². The molecule has 0 aliphatic rings. The third-order valence-electron chi connectivity index (χ3n) is 2.08. The predicted molar refractivity (Wildman–Crippen MR) is 48.2 cm³/mol. The lowest BCUT2D eigenvalue weighted by Crippen LogP contribution is -2.01. The first-order valence-electron chi connectivity index (χ1n) is 4.17. The molecule has 2 heteroatoms. The molecule has 0 saturated heterocycles. The van der Waals surface area contributed by atoms with E-state index < -0.39 is 0 Å². The maximum atomic E-state index is 9.02. The van der Waals surface area contributed by atoms with Crippen molar-refractivity contribution in [3.05, 3.63) is 29.8 Å². The summed E-state index contributed by atoms with van der Waals surface area (Å²) in [6.07, 6.45) is 0.918. The van der Waals surface area contributed by atoms with Crippen LogP contribution in [-0.4, -0.2) is 16.8 Å². The molecule has 1 aromatic carbocycles. The number of phenols is 1. The molecule has 0 aliphatic heterocycles. The van der Waals surface area contributed by atoms with Gasteiger partial charge in [0, 0.05) is 12.5 Å². The second kappa shape index (κ2) is 4.12. The van der Waals surface area contributed by atoms with E-state index in [4.69, 9.17) is 10.2 Å². The summed E-state index contributed by atoms with van der Waals surface area (Å²) in [7, 11) is 0. The van der Waals surface area contributed by atoms with Crippen LogP contribution in [0.25, 0.3) is 0 Å². The Labute approximate surface area is 72.5 Å². The number of aromatic hydroxyl groups is 1. The van der Waals surface area contributed by atoms with Crippen LogP contribution in [-0.2, 0) is 0 Å². The molecular formula is C10H14O2. The van der Waals surface area contributed by atoms with Gasteiger partial charge in [-0.2, -0.15) is 0 Å². The standard InChI is InChI=1S/C10H14O2/c1-2-8(7-11)9-3-5-10(12)6-4-9/h3-6,8,11-12H,2,7H2,1H3. The summed E-state index contributed by atoms with van der Waals surface area (Å²) in [4.78, 5) is 0. The van der Waals surface area contributed by atoms with E-state index in [1.165, 1.54) is 0 Å². The van der Waals surface area contributed by atoms with E-state index in [-0.39, 0.29) is 18.3 Å². The van der Waals surface area contributed by atoms with Crippen molar-refractivity contribution in [3.63, 3.8) is 0 Å². The summed E-state index contributed by atoms with van der Waals surface area (Å²) in [6.45, 7) is 2.20. The Morgan fingerprint density at radius 2 is 1.83 bits per heavy atom. The van der Waals surface area contributed by atoms with Crippen LogP contribution in [0.1, 0.15) is 24.8 Å². The lowest BCUT2D eigenvalue weighted by Gasteiger charge is -2.11. The van der Waals surface area contributed by atoms with Gasteiger partial charge < -0.3 is 10.2 Å². The molecule has 0 heterocycles. The van der Waals surface area contributed by atoms with Gasteiger partial charge in [0.25, 0.3) is 0 Å². The fourth-order valence-corrected chi connectivity index (χ4v) is 1.22. The maximum Gasteiger partial charge on any atom is 0.115 e. The lowest BCUT2D eigenvalue weighted by atomic mass is 9.97. The van der Waals surface area contributed by atoms with Crippen LogP contribution in [0.3, 0.4) is 0 Å². The van der Waals surface area contributed by atoms with Gasteiger partial charge in [-0.15, -0.1) is 0 Å². The Bertz CT molecular complexity index is 224. The molecule has 66 valence electrons. The Hall–Kier alpha value is -1.02. The third kappa shape index (κ3) is 1.98. The second-order valence-electron chi connectivity index (χ2n) is 2.88. The van der Waals surface area contributed by atoms with E-state index in [1.807, 2.05) is 19.1 Å². The summed E-state index contributed by atoms with van der Waals surface area (Å²) in [6, 6.07) is 6.99. The van der Waals surface area contributed by atoms with E-state index in [0.717, 1.165) is 12.0 Å². The molecule has 12 heavy (non-hydrogen) atoms. The van der Waals surface area contributed by atoms with Crippen LogP contribution in [0.4, 0.5) is 0 Å². The third-order valence-corrected chi connectivity index (χ3v) is 2.08. The van der Waals surface area contributed by atoms with Crippen molar-refractivity contribution in [2.45, 2.75) is 19.3 Å². The van der Waals surface area contributed by atoms with Gasteiger partial charge in [-0.3, -0.25) is 0 Å². The number of benzene rings is 1. The lowest BCUT2D eigenvalue weighted by molar-refractivity contribution is 0.262. The van der Waals surface area contributed by atoms with Gasteiger partial charge in [0.1, 0.15) is 5.75 Å². The molecular weight excluding hydrogens is 152 g/mol. The van der Waals surface area contributed by atoms with Crippen molar-refractivity contribution in [1.82, 2.24) is 0 Å². The van der Waals surface area contributed by atoms with E-state index in [0.29, 0.717) is 0 Å². The minimum Gasteiger partial charge on any atom is -0.508 e. The van der Waals surface area contributed by atoms with Crippen molar-refractivity contribution < 1.29 is 10.2 Å². The average Bonchev–Trinajstić information content (AvgIpc) is 2.10. The fraction of sp³-hybridized carbons (Fsp3) is 0.400. The molecule has 1 rings (SSSR count). The predicted octanol–water partition coefficient (Wildman–Crippen LogP) is 1.88. The minimum atomic E-state index is 0.168. The van der Waals surface area contributed by atoms with Crippen molar-refractivity contribution >= 4 is 0 Å². The Kier molecular flexibility index (Phi) is 3.11. The van der Waals surface area contributed by atoms with Gasteiger partial charge in [0.2, 0.25) is 0 Å². The molecule has 0 saturated carbocycles. The van der Waals surface area contributed by atoms with Gasteiger partial charge in [-0.05, 0) is 24.1 Å². The summed E-state index contributed by atoms with van der Waals surface area (Å²) in [5, 5.41) is 18.0. The average molecular weight is 166 g/mol. The van der Waals surface area contributed by atoms with Crippen molar-refractivity contribution in [3.8, 4) is 5.75 Å². The molecule has 2 nitrogen and oxygen atoms in total. The van der Waals surface area contributed by atoms with Gasteiger partial charge in [0.05, 0.1) is 0 Å². The van der Waals surface area contributed by atoms with Gasteiger partial charge in [-0.25, -0.2) is 0 Å². The van der Waals surface area contributed by atoms with Crippen LogP contribution < -0.4 is 0 Å². The summed E-state index contributed by atoms with van der Waals surface area (Å²) in [5.41, 5.74) is 1.08. The molecule has 2 N–H and O–H groups in total. The topological polar surface area (TPSA) is 40.5 Å². The Morgan fingerprint density at radius 1 is 1.25 bits per heavy atom. The molecule has 0 fully saturated rings. The Balaban J connectivity index is 2.80. The van der Waals surface area contributed by atoms with Crippen molar-refractivity contribution in [2.24, 2.45) is 0 Å². The highest BCUT2D eigenvalue weighted by Gasteiger charge is 2.06. The van der Waals surface area contributed by atoms with Gasteiger partial charge in [0.15, 0.2) is 0 Å². The van der Waals surface area contributed by atoms with E-state index in [9.17, 15) is 0 Å². The monoisotopic (exact) mass is 166 g/mol. The number of phenolic OH excluding ortho intramolecular Hbond substituents is 1. The molecule has 0 aliphatic carbocycles. The van der Waals surface area contributed by atoms with Crippen LogP contribution >= 0.6 is 0 Å². The summed E-state index contributed by atoms with van der Waals surface area (Å²) >= 11 is 0. The van der Waals surface area contributed by atoms with Gasteiger partial charge in [-0.1, -0.05) is 19.1 Å². The fourth-order valence-electron chi connectivity index (χ4n) is 1.22. The number of hydrogen-bond donors (Lipinski definition) is 2. The number of aliphatic hydroxyl groups excluding tert-OH is 1. The van der Waals surface area contributed by atoms with Crippen LogP contribution in [0.2, 0.25) is 0 Å². The minimum absolute atomic E-state index is 0.168. The highest BCUT2D eigenvalue weighted by atomic mass is 16.3. The first-order chi connectivity index (χ1) is 5.77. The van der Waals surface area contributed by atoms with Gasteiger partial charge >= 0.3 is 0 Å². The number of aliphatic hydroxyl groups is 1. The van der Waals surface area contributed by atoms with Crippen LogP contribution in [0.15, 0.2) is 24.3 Å². The molecule has 1 aromatic rings. The normalized spacial score (nSPS) is 12.8.